The SMILES string of the molecule is O=C(NCCN(C(=O)C1CCCS1)C1CC1)C1C=CCC1. The van der Waals surface area contributed by atoms with Crippen molar-refractivity contribution in [2.75, 3.05) is 18.8 Å². The topological polar surface area (TPSA) is 49.4 Å². The van der Waals surface area contributed by atoms with Crippen LogP contribution in [-0.4, -0.2) is 46.8 Å². The van der Waals surface area contributed by atoms with Gasteiger partial charge in [0.25, 0.3) is 0 Å². The van der Waals surface area contributed by atoms with Crippen LogP contribution in [0, 0.1) is 5.92 Å². The van der Waals surface area contributed by atoms with Gasteiger partial charge in [-0.3, -0.25) is 9.59 Å². The third-order valence-corrected chi connectivity index (χ3v) is 5.84. The van der Waals surface area contributed by atoms with Gasteiger partial charge in [-0.25, -0.2) is 0 Å². The fourth-order valence-corrected chi connectivity index (χ4v) is 4.33. The summed E-state index contributed by atoms with van der Waals surface area (Å²) in [6.07, 6.45) is 10.4. The number of nitrogens with one attached hydrogen (secondary N) is 1. The highest BCUT2D eigenvalue weighted by atomic mass is 32.2. The largest absolute Gasteiger partial charge is 0.354 e. The molecule has 4 nitrogen and oxygen atoms in total. The van der Waals surface area contributed by atoms with E-state index in [1.54, 1.807) is 11.8 Å². The molecule has 0 aromatic heterocycles. The molecular formula is C16H24N2O2S. The van der Waals surface area contributed by atoms with Crippen LogP contribution in [0.5, 0.6) is 0 Å². The molecular weight excluding hydrogens is 284 g/mol. The summed E-state index contributed by atoms with van der Waals surface area (Å²) in [7, 11) is 0. The van der Waals surface area contributed by atoms with Gasteiger partial charge in [-0.1, -0.05) is 12.2 Å². The number of thioether (sulfide) groups is 1. The van der Waals surface area contributed by atoms with Crippen LogP contribution in [0.3, 0.4) is 0 Å². The Balaban J connectivity index is 1.45. The van der Waals surface area contributed by atoms with E-state index in [9.17, 15) is 9.59 Å². The molecule has 0 bridgehead atoms. The number of hydrogen-bond acceptors (Lipinski definition) is 3. The maximum atomic E-state index is 12.5. The van der Waals surface area contributed by atoms with E-state index in [4.69, 9.17) is 0 Å². The monoisotopic (exact) mass is 308 g/mol. The summed E-state index contributed by atoms with van der Waals surface area (Å²) in [5, 5.41) is 3.16. The molecule has 0 spiro atoms. The number of rotatable bonds is 6. The third kappa shape index (κ3) is 3.82. The van der Waals surface area contributed by atoms with Crippen LogP contribution in [0.15, 0.2) is 12.2 Å². The average Bonchev–Trinajstić information content (AvgIpc) is 3.00. The Hall–Kier alpha value is -0.970. The molecule has 3 rings (SSSR count). The van der Waals surface area contributed by atoms with Crippen molar-refractivity contribution < 1.29 is 9.59 Å². The van der Waals surface area contributed by atoms with E-state index in [1.165, 1.54) is 0 Å². The van der Waals surface area contributed by atoms with E-state index < -0.39 is 0 Å². The lowest BCUT2D eigenvalue weighted by Crippen LogP contribution is -2.44. The molecule has 5 heteroatoms. The Kier molecular flexibility index (Phi) is 4.88. The van der Waals surface area contributed by atoms with Crippen molar-refractivity contribution in [1.29, 1.82) is 0 Å². The Labute approximate surface area is 130 Å². The lowest BCUT2D eigenvalue weighted by molar-refractivity contribution is -0.132. The molecule has 0 aromatic rings. The van der Waals surface area contributed by atoms with E-state index in [0.29, 0.717) is 25.0 Å². The molecule has 1 N–H and O–H groups in total. The second-order valence-corrected chi connectivity index (χ2v) is 7.48. The number of carbonyl (C=O) groups is 2. The highest BCUT2D eigenvalue weighted by Gasteiger charge is 2.36. The van der Waals surface area contributed by atoms with Crippen LogP contribution in [0.2, 0.25) is 0 Å². The van der Waals surface area contributed by atoms with Crippen LogP contribution >= 0.6 is 11.8 Å². The van der Waals surface area contributed by atoms with E-state index >= 15 is 0 Å². The zero-order valence-corrected chi connectivity index (χ0v) is 13.2. The fourth-order valence-electron chi connectivity index (χ4n) is 3.10. The van der Waals surface area contributed by atoms with Crippen molar-refractivity contribution in [3.63, 3.8) is 0 Å². The molecule has 3 aliphatic rings. The van der Waals surface area contributed by atoms with Gasteiger partial charge in [0.1, 0.15) is 0 Å². The Morgan fingerprint density at radius 2 is 2.10 bits per heavy atom. The molecule has 2 aliphatic carbocycles. The van der Waals surface area contributed by atoms with Crippen molar-refractivity contribution in [1.82, 2.24) is 10.2 Å². The summed E-state index contributed by atoms with van der Waals surface area (Å²) in [6.45, 7) is 1.26. The Morgan fingerprint density at radius 3 is 2.71 bits per heavy atom. The number of carbonyl (C=O) groups excluding carboxylic acids is 2. The first-order chi connectivity index (χ1) is 10.3. The number of allylic oxidation sites excluding steroid dienone is 1. The van der Waals surface area contributed by atoms with Crippen molar-refractivity contribution in [2.24, 2.45) is 5.92 Å². The Morgan fingerprint density at radius 1 is 1.24 bits per heavy atom. The second-order valence-electron chi connectivity index (χ2n) is 6.17. The van der Waals surface area contributed by atoms with Crippen LogP contribution in [0.25, 0.3) is 0 Å². The predicted octanol–water partition coefficient (Wildman–Crippen LogP) is 1.96. The standard InChI is InChI=1S/C16H24N2O2S/c19-15(12-4-1-2-5-12)17-9-10-18(13-7-8-13)16(20)14-6-3-11-21-14/h1,4,12-14H,2-3,5-11H2,(H,17,19). The third-order valence-electron chi connectivity index (χ3n) is 4.48. The minimum absolute atomic E-state index is 0.0421. The van der Waals surface area contributed by atoms with Gasteiger partial charge in [0.15, 0.2) is 0 Å². The normalized spacial score (nSPS) is 27.8. The predicted molar refractivity (Wildman–Crippen MR) is 85.1 cm³/mol. The molecule has 1 heterocycles. The molecule has 116 valence electrons. The molecule has 2 unspecified atom stereocenters. The van der Waals surface area contributed by atoms with Crippen molar-refractivity contribution in [3.05, 3.63) is 12.2 Å². The van der Waals surface area contributed by atoms with E-state index in [2.05, 4.69) is 11.4 Å². The first-order valence-electron chi connectivity index (χ1n) is 8.12. The quantitative estimate of drug-likeness (QED) is 0.763. The van der Waals surface area contributed by atoms with Gasteiger partial charge in [0.2, 0.25) is 11.8 Å². The zero-order chi connectivity index (χ0) is 14.7. The number of hydrogen-bond donors (Lipinski definition) is 1. The summed E-state index contributed by atoms with van der Waals surface area (Å²) >= 11 is 1.80. The van der Waals surface area contributed by atoms with Crippen molar-refractivity contribution >= 4 is 23.6 Å². The molecule has 0 radical (unpaired) electrons. The molecule has 1 aliphatic heterocycles. The molecule has 2 amide bonds. The minimum atomic E-state index is 0.0421. The van der Waals surface area contributed by atoms with E-state index in [0.717, 1.165) is 44.3 Å². The van der Waals surface area contributed by atoms with Gasteiger partial charge in [-0.05, 0) is 44.3 Å². The van der Waals surface area contributed by atoms with Gasteiger partial charge in [-0.15, -0.1) is 11.8 Å². The van der Waals surface area contributed by atoms with E-state index in [-0.39, 0.29) is 17.1 Å². The lowest BCUT2D eigenvalue weighted by atomic mass is 10.1. The lowest BCUT2D eigenvalue weighted by Gasteiger charge is -2.25. The van der Waals surface area contributed by atoms with Crippen molar-refractivity contribution in [3.8, 4) is 0 Å². The molecule has 2 atom stereocenters. The first-order valence-corrected chi connectivity index (χ1v) is 9.17. The Bertz CT molecular complexity index is 428. The van der Waals surface area contributed by atoms with Crippen LogP contribution in [0.4, 0.5) is 0 Å². The maximum absolute atomic E-state index is 12.5. The number of nitrogens with zero attached hydrogens (tertiary/aromatic N) is 1. The van der Waals surface area contributed by atoms with Gasteiger partial charge in [0, 0.05) is 19.1 Å². The molecule has 2 fully saturated rings. The summed E-state index contributed by atoms with van der Waals surface area (Å²) in [5.74, 6) is 1.57. The average molecular weight is 308 g/mol. The second kappa shape index (κ2) is 6.86. The smallest absolute Gasteiger partial charge is 0.235 e. The summed E-state index contributed by atoms with van der Waals surface area (Å²) < 4.78 is 0. The number of amides is 2. The van der Waals surface area contributed by atoms with Crippen LogP contribution < -0.4 is 5.32 Å². The first kappa shape index (κ1) is 14.9. The summed E-state index contributed by atoms with van der Waals surface area (Å²) in [6, 6.07) is 0.432. The van der Waals surface area contributed by atoms with E-state index in [1.807, 2.05) is 11.0 Å². The maximum Gasteiger partial charge on any atom is 0.235 e. The highest BCUT2D eigenvalue weighted by molar-refractivity contribution is 8.00. The molecule has 1 saturated heterocycles. The van der Waals surface area contributed by atoms with Gasteiger partial charge < -0.3 is 10.2 Å². The molecule has 1 saturated carbocycles. The van der Waals surface area contributed by atoms with Crippen molar-refractivity contribution in [2.45, 2.75) is 49.8 Å². The summed E-state index contributed by atoms with van der Waals surface area (Å²) in [5.41, 5.74) is 0. The van der Waals surface area contributed by atoms with Crippen LogP contribution in [-0.2, 0) is 9.59 Å². The zero-order valence-electron chi connectivity index (χ0n) is 12.4. The molecule has 0 aromatic carbocycles. The fraction of sp³-hybridized carbons (Fsp3) is 0.750. The van der Waals surface area contributed by atoms with Gasteiger partial charge in [0.05, 0.1) is 11.2 Å². The van der Waals surface area contributed by atoms with Gasteiger partial charge in [-0.2, -0.15) is 0 Å². The summed E-state index contributed by atoms with van der Waals surface area (Å²) in [4.78, 5) is 26.5. The van der Waals surface area contributed by atoms with Gasteiger partial charge >= 0.3 is 0 Å². The molecule has 21 heavy (non-hydrogen) atoms. The minimum Gasteiger partial charge on any atom is -0.354 e. The highest BCUT2D eigenvalue weighted by Crippen LogP contribution is 2.32. The van der Waals surface area contributed by atoms with Crippen LogP contribution in [0.1, 0.15) is 38.5 Å².